The summed E-state index contributed by atoms with van der Waals surface area (Å²) in [6.45, 7) is 1.60. The minimum Gasteiger partial charge on any atom is -0.300 e. The van der Waals surface area contributed by atoms with Gasteiger partial charge in [0, 0.05) is 18.9 Å². The zero-order valence-electron chi connectivity index (χ0n) is 8.12. The first-order chi connectivity index (χ1) is 6.94. The Labute approximate surface area is 83.9 Å². The van der Waals surface area contributed by atoms with Gasteiger partial charge in [0.2, 0.25) is 0 Å². The average molecular weight is 224 g/mol. The van der Waals surface area contributed by atoms with Crippen LogP contribution in [0.5, 0.6) is 0 Å². The molecule has 15 heavy (non-hydrogen) atoms. The van der Waals surface area contributed by atoms with Crippen molar-refractivity contribution < 1.29 is 17.9 Å². The lowest BCUT2D eigenvalue weighted by Crippen LogP contribution is -2.26. The molecule has 0 amide bonds. The van der Waals surface area contributed by atoms with Gasteiger partial charge in [-0.2, -0.15) is 0 Å². The number of nitrogens with zero attached hydrogens (tertiary/aromatic N) is 2. The fourth-order valence-corrected chi connectivity index (χ4v) is 1.12. The number of hydrogen-bond donors (Lipinski definition) is 0. The first-order valence-electron chi connectivity index (χ1n) is 4.40. The van der Waals surface area contributed by atoms with Crippen molar-refractivity contribution in [2.45, 2.75) is 26.4 Å². The molecule has 0 unspecified atom stereocenters. The van der Waals surface area contributed by atoms with E-state index in [4.69, 9.17) is 0 Å². The molecule has 1 rings (SSSR count). The number of imidazole rings is 1. The second-order valence-corrected chi connectivity index (χ2v) is 2.85. The Balaban J connectivity index is 2.52. The van der Waals surface area contributed by atoms with E-state index >= 15 is 0 Å². The molecule has 0 atom stereocenters. The summed E-state index contributed by atoms with van der Waals surface area (Å²) in [7, 11) is 0. The minimum absolute atomic E-state index is 0.106. The van der Waals surface area contributed by atoms with Crippen molar-refractivity contribution >= 4 is 0 Å². The second-order valence-electron chi connectivity index (χ2n) is 2.85. The van der Waals surface area contributed by atoms with Gasteiger partial charge >= 0.3 is 12.1 Å². The van der Waals surface area contributed by atoms with Gasteiger partial charge in [-0.05, 0) is 6.92 Å². The fraction of sp³-hybridized carbons (Fsp3) is 0.625. The van der Waals surface area contributed by atoms with Crippen LogP contribution in [-0.2, 0) is 17.8 Å². The number of alkyl halides is 3. The summed E-state index contributed by atoms with van der Waals surface area (Å²) < 4.78 is 41.0. The summed E-state index contributed by atoms with van der Waals surface area (Å²) >= 11 is 0. The van der Waals surface area contributed by atoms with Crippen LogP contribution in [-0.4, -0.2) is 22.1 Å². The van der Waals surface area contributed by atoms with Crippen LogP contribution in [0.15, 0.2) is 17.2 Å². The highest BCUT2D eigenvalue weighted by molar-refractivity contribution is 4.80. The molecule has 0 aromatic carbocycles. The Morgan fingerprint density at radius 3 is 2.40 bits per heavy atom. The normalized spacial score (nSPS) is 12.0. The predicted molar refractivity (Wildman–Crippen MR) is 46.4 cm³/mol. The Kier molecular flexibility index (Phi) is 3.57. The third-order valence-electron chi connectivity index (χ3n) is 1.86. The van der Waals surface area contributed by atoms with Crippen molar-refractivity contribution in [3.63, 3.8) is 0 Å². The topological polar surface area (TPSA) is 36.2 Å². The van der Waals surface area contributed by atoms with E-state index in [1.54, 1.807) is 6.92 Å². The molecule has 4 nitrogen and oxygen atoms in total. The van der Waals surface area contributed by atoms with Crippen LogP contribution in [0.4, 0.5) is 13.2 Å². The molecule has 0 saturated carbocycles. The summed E-state index contributed by atoms with van der Waals surface area (Å²) in [6, 6.07) is 0. The molecule has 0 spiro atoms. The van der Waals surface area contributed by atoms with Crippen molar-refractivity contribution in [1.29, 1.82) is 0 Å². The molecular weight excluding hydrogens is 213 g/mol. The molecule has 1 aromatic rings. The monoisotopic (exact) mass is 224 g/mol. The Hall–Kier alpha value is -1.24. The zero-order valence-corrected chi connectivity index (χ0v) is 8.12. The third kappa shape index (κ3) is 3.43. The highest BCUT2D eigenvalue weighted by Crippen LogP contribution is 2.15. The zero-order chi connectivity index (χ0) is 11.5. The molecule has 1 aromatic heterocycles. The van der Waals surface area contributed by atoms with Gasteiger partial charge in [-0.25, -0.2) is 4.79 Å². The van der Waals surface area contributed by atoms with Crippen LogP contribution in [0.3, 0.4) is 0 Å². The van der Waals surface area contributed by atoms with Gasteiger partial charge in [0.1, 0.15) is 0 Å². The van der Waals surface area contributed by atoms with Crippen LogP contribution >= 0.6 is 0 Å². The van der Waals surface area contributed by atoms with E-state index in [-0.39, 0.29) is 12.2 Å². The van der Waals surface area contributed by atoms with Crippen molar-refractivity contribution in [2.75, 3.05) is 6.61 Å². The summed E-state index contributed by atoms with van der Waals surface area (Å²) in [6.07, 6.45) is -1.68. The molecule has 0 aliphatic carbocycles. The largest absolute Gasteiger partial charge is 0.522 e. The van der Waals surface area contributed by atoms with E-state index in [2.05, 4.69) is 4.74 Å². The van der Waals surface area contributed by atoms with E-state index in [9.17, 15) is 18.0 Å². The van der Waals surface area contributed by atoms with Crippen molar-refractivity contribution in [2.24, 2.45) is 0 Å². The summed E-state index contributed by atoms with van der Waals surface area (Å²) in [4.78, 5) is 11.3. The van der Waals surface area contributed by atoms with Gasteiger partial charge in [-0.3, -0.25) is 13.9 Å². The lowest BCUT2D eigenvalue weighted by molar-refractivity contribution is -0.325. The lowest BCUT2D eigenvalue weighted by atomic mass is 10.6. The smallest absolute Gasteiger partial charge is 0.300 e. The highest BCUT2D eigenvalue weighted by atomic mass is 19.4. The maximum absolute atomic E-state index is 11.6. The first-order valence-corrected chi connectivity index (χ1v) is 4.40. The van der Waals surface area contributed by atoms with E-state index in [1.165, 1.54) is 21.5 Å². The number of aryl methyl sites for hydroxylation is 1. The molecule has 0 saturated heterocycles. The molecule has 0 aliphatic rings. The van der Waals surface area contributed by atoms with Gasteiger partial charge in [0.05, 0.1) is 13.2 Å². The predicted octanol–water partition coefficient (Wildman–Crippen LogP) is 1.21. The van der Waals surface area contributed by atoms with Crippen LogP contribution in [0.1, 0.15) is 6.92 Å². The lowest BCUT2D eigenvalue weighted by Gasteiger charge is -2.06. The van der Waals surface area contributed by atoms with Gasteiger partial charge in [-0.15, -0.1) is 13.2 Å². The van der Waals surface area contributed by atoms with Gasteiger partial charge in [0.15, 0.2) is 0 Å². The SMILES string of the molecule is CCn1ccn(CCOC(F)(F)F)c1=O. The van der Waals surface area contributed by atoms with Crippen LogP contribution in [0.25, 0.3) is 0 Å². The molecule has 0 bridgehead atoms. The van der Waals surface area contributed by atoms with Crippen molar-refractivity contribution in [3.05, 3.63) is 22.9 Å². The second kappa shape index (κ2) is 4.52. The highest BCUT2D eigenvalue weighted by Gasteiger charge is 2.28. The average Bonchev–Trinajstić information content (AvgIpc) is 2.46. The maximum atomic E-state index is 11.6. The van der Waals surface area contributed by atoms with Crippen molar-refractivity contribution in [3.8, 4) is 0 Å². The number of halogens is 3. The summed E-state index contributed by atoms with van der Waals surface area (Å²) in [5.74, 6) is 0. The molecule has 0 fully saturated rings. The molecule has 7 heteroatoms. The molecule has 1 heterocycles. The van der Waals surface area contributed by atoms with Crippen LogP contribution in [0.2, 0.25) is 0 Å². The summed E-state index contributed by atoms with van der Waals surface area (Å²) in [5, 5.41) is 0. The molecule has 86 valence electrons. The maximum Gasteiger partial charge on any atom is 0.522 e. The Bertz CT molecular complexity index is 367. The van der Waals surface area contributed by atoms with Gasteiger partial charge in [-0.1, -0.05) is 0 Å². The minimum atomic E-state index is -4.64. The molecule has 0 N–H and O–H groups in total. The molecule has 0 radical (unpaired) electrons. The standard InChI is InChI=1S/C8H11F3N2O2/c1-2-12-3-4-13(7(12)14)5-6-15-8(9,10)11/h3-4H,2,5-6H2,1H3. The van der Waals surface area contributed by atoms with E-state index < -0.39 is 13.0 Å². The molecule has 0 aliphatic heterocycles. The quantitative estimate of drug-likeness (QED) is 0.770. The van der Waals surface area contributed by atoms with Gasteiger partial charge in [0.25, 0.3) is 0 Å². The van der Waals surface area contributed by atoms with E-state index in [0.717, 1.165) is 0 Å². The number of hydrogen-bond acceptors (Lipinski definition) is 2. The van der Waals surface area contributed by atoms with E-state index in [0.29, 0.717) is 6.54 Å². The van der Waals surface area contributed by atoms with Gasteiger partial charge < -0.3 is 0 Å². The number of ether oxygens (including phenoxy) is 1. The van der Waals surface area contributed by atoms with Crippen LogP contribution in [0, 0.1) is 0 Å². The van der Waals surface area contributed by atoms with Crippen molar-refractivity contribution in [1.82, 2.24) is 9.13 Å². The van der Waals surface area contributed by atoms with Crippen LogP contribution < -0.4 is 5.69 Å². The Morgan fingerprint density at radius 2 is 1.93 bits per heavy atom. The Morgan fingerprint density at radius 1 is 1.33 bits per heavy atom. The fourth-order valence-electron chi connectivity index (χ4n) is 1.12. The van der Waals surface area contributed by atoms with E-state index in [1.807, 2.05) is 0 Å². The third-order valence-corrected chi connectivity index (χ3v) is 1.86. The molecular formula is C8H11F3N2O2. The number of rotatable bonds is 4. The first kappa shape index (κ1) is 11.8. The summed E-state index contributed by atoms with van der Waals surface area (Å²) in [5.41, 5.74) is -0.330. The number of aromatic nitrogens is 2.